The summed E-state index contributed by atoms with van der Waals surface area (Å²) in [5.74, 6) is 0. The fraction of sp³-hybridized carbons (Fsp3) is 0.600. The Balaban J connectivity index is 2.60. The Kier molecular flexibility index (Phi) is 5.80. The van der Waals surface area contributed by atoms with E-state index in [1.54, 1.807) is 0 Å². The molecule has 0 aliphatic rings. The minimum Gasteiger partial charge on any atom is -0.394 e. The summed E-state index contributed by atoms with van der Waals surface area (Å²) < 4.78 is 37.1. The third-order valence-electron chi connectivity index (χ3n) is 2.25. The quantitative estimate of drug-likeness (QED) is 0.772. The van der Waals surface area contributed by atoms with Crippen molar-refractivity contribution in [1.29, 1.82) is 0 Å². The average Bonchev–Trinajstić information content (AvgIpc) is 2.32. The number of rotatable bonds is 6. The highest BCUT2D eigenvalue weighted by molar-refractivity contribution is 9.10. The maximum atomic E-state index is 11.9. The largest absolute Gasteiger partial charge is 0.394 e. The van der Waals surface area contributed by atoms with Crippen LogP contribution in [0, 0.1) is 0 Å². The lowest BCUT2D eigenvalue weighted by Gasteiger charge is -2.10. The first kappa shape index (κ1) is 16.0. The lowest BCUT2D eigenvalue weighted by atomic mass is 10.3. The predicted molar refractivity (Wildman–Crippen MR) is 67.1 cm³/mol. The van der Waals surface area contributed by atoms with Crippen LogP contribution in [0.1, 0.15) is 12.8 Å². The van der Waals surface area contributed by atoms with Crippen molar-refractivity contribution in [3.05, 3.63) is 21.0 Å². The molecular formula is C10H13BrF3N3O2. The highest BCUT2D eigenvalue weighted by atomic mass is 79.9. The van der Waals surface area contributed by atoms with E-state index in [1.807, 2.05) is 0 Å². The van der Waals surface area contributed by atoms with Gasteiger partial charge in [0.2, 0.25) is 0 Å². The van der Waals surface area contributed by atoms with Gasteiger partial charge in [-0.15, -0.1) is 0 Å². The number of hydrogen-bond acceptors (Lipinski definition) is 4. The Morgan fingerprint density at radius 3 is 2.74 bits per heavy atom. The van der Waals surface area contributed by atoms with Crippen LogP contribution in [-0.4, -0.2) is 34.2 Å². The summed E-state index contributed by atoms with van der Waals surface area (Å²) in [4.78, 5) is 11.7. The molecule has 1 rings (SSSR count). The summed E-state index contributed by atoms with van der Waals surface area (Å²) in [7, 11) is 0. The highest BCUT2D eigenvalue weighted by Crippen LogP contribution is 2.22. The van der Waals surface area contributed by atoms with E-state index in [1.165, 1.54) is 6.20 Å². The van der Waals surface area contributed by atoms with Gasteiger partial charge < -0.3 is 10.4 Å². The molecule has 0 aliphatic heterocycles. The van der Waals surface area contributed by atoms with E-state index < -0.39 is 18.2 Å². The van der Waals surface area contributed by atoms with Crippen LogP contribution in [0.4, 0.5) is 18.9 Å². The first-order valence-electron chi connectivity index (χ1n) is 5.52. The van der Waals surface area contributed by atoms with Crippen molar-refractivity contribution in [3.8, 4) is 0 Å². The molecule has 2 N–H and O–H groups in total. The summed E-state index contributed by atoms with van der Waals surface area (Å²) in [6, 6.07) is 0. The maximum absolute atomic E-state index is 11.9. The molecule has 0 aromatic carbocycles. The van der Waals surface area contributed by atoms with Crippen LogP contribution in [0.3, 0.4) is 0 Å². The zero-order valence-electron chi connectivity index (χ0n) is 9.87. The van der Waals surface area contributed by atoms with Crippen LogP contribution in [0.25, 0.3) is 0 Å². The van der Waals surface area contributed by atoms with E-state index in [0.717, 1.165) is 4.68 Å². The monoisotopic (exact) mass is 343 g/mol. The number of aromatic nitrogens is 2. The number of nitrogens with zero attached hydrogens (tertiary/aromatic N) is 2. The second-order valence-electron chi connectivity index (χ2n) is 3.77. The van der Waals surface area contributed by atoms with Crippen LogP contribution in [-0.2, 0) is 6.54 Å². The fourth-order valence-corrected chi connectivity index (χ4v) is 1.80. The minimum atomic E-state index is -4.18. The second-order valence-corrected chi connectivity index (χ2v) is 4.56. The molecule has 108 valence electrons. The zero-order chi connectivity index (χ0) is 14.5. The van der Waals surface area contributed by atoms with Crippen LogP contribution in [0.5, 0.6) is 0 Å². The van der Waals surface area contributed by atoms with Gasteiger partial charge in [-0.1, -0.05) is 0 Å². The molecule has 5 nitrogen and oxygen atoms in total. The van der Waals surface area contributed by atoms with Crippen LogP contribution in [0.2, 0.25) is 0 Å². The molecule has 0 bridgehead atoms. The third kappa shape index (κ3) is 5.19. The standard InChI is InChI=1S/C10H13BrF3N3O2/c11-8-7(15-3-1-2-10(12,13)14)6-16-17(4-5-18)9(8)19/h6,15,18H,1-5H2. The Bertz CT molecular complexity index is 476. The van der Waals surface area contributed by atoms with E-state index in [0.29, 0.717) is 5.69 Å². The van der Waals surface area contributed by atoms with Gasteiger partial charge in [0.1, 0.15) is 4.47 Å². The number of halogens is 4. The highest BCUT2D eigenvalue weighted by Gasteiger charge is 2.25. The Morgan fingerprint density at radius 2 is 2.16 bits per heavy atom. The lowest BCUT2D eigenvalue weighted by Crippen LogP contribution is -2.26. The molecule has 0 radical (unpaired) electrons. The Morgan fingerprint density at radius 1 is 1.47 bits per heavy atom. The topological polar surface area (TPSA) is 67.2 Å². The summed E-state index contributed by atoms with van der Waals surface area (Å²) >= 11 is 3.05. The predicted octanol–water partition coefficient (Wildman–Crippen LogP) is 1.75. The molecule has 0 spiro atoms. The smallest absolute Gasteiger partial charge is 0.389 e. The van der Waals surface area contributed by atoms with Crippen molar-refractivity contribution in [2.45, 2.75) is 25.6 Å². The van der Waals surface area contributed by atoms with Crippen molar-refractivity contribution in [2.24, 2.45) is 0 Å². The summed E-state index contributed by atoms with van der Waals surface area (Å²) in [6.45, 7) is -0.0767. The van der Waals surface area contributed by atoms with E-state index in [4.69, 9.17) is 5.11 Å². The van der Waals surface area contributed by atoms with E-state index in [-0.39, 0.29) is 30.6 Å². The lowest BCUT2D eigenvalue weighted by molar-refractivity contribution is -0.134. The molecule has 0 amide bonds. The van der Waals surface area contributed by atoms with E-state index in [2.05, 4.69) is 26.3 Å². The number of aliphatic hydroxyl groups excluding tert-OH is 1. The molecule has 19 heavy (non-hydrogen) atoms. The van der Waals surface area contributed by atoms with Crippen molar-refractivity contribution in [3.63, 3.8) is 0 Å². The number of anilines is 1. The fourth-order valence-electron chi connectivity index (χ4n) is 1.35. The van der Waals surface area contributed by atoms with E-state index >= 15 is 0 Å². The van der Waals surface area contributed by atoms with Gasteiger partial charge in [0, 0.05) is 13.0 Å². The van der Waals surface area contributed by atoms with Crippen molar-refractivity contribution in [1.82, 2.24) is 9.78 Å². The number of nitrogens with one attached hydrogen (secondary N) is 1. The second kappa shape index (κ2) is 6.90. The van der Waals surface area contributed by atoms with Gasteiger partial charge in [-0.05, 0) is 22.4 Å². The van der Waals surface area contributed by atoms with Gasteiger partial charge in [0.15, 0.2) is 0 Å². The van der Waals surface area contributed by atoms with Crippen molar-refractivity contribution < 1.29 is 18.3 Å². The van der Waals surface area contributed by atoms with Gasteiger partial charge >= 0.3 is 6.18 Å². The number of alkyl halides is 3. The van der Waals surface area contributed by atoms with Crippen molar-refractivity contribution in [2.75, 3.05) is 18.5 Å². The van der Waals surface area contributed by atoms with Gasteiger partial charge in [-0.3, -0.25) is 4.79 Å². The van der Waals surface area contributed by atoms with Crippen LogP contribution in [0.15, 0.2) is 15.5 Å². The van der Waals surface area contributed by atoms with Crippen molar-refractivity contribution >= 4 is 21.6 Å². The Labute approximate surface area is 115 Å². The maximum Gasteiger partial charge on any atom is 0.389 e. The number of hydrogen-bond donors (Lipinski definition) is 2. The first-order valence-corrected chi connectivity index (χ1v) is 6.31. The van der Waals surface area contributed by atoms with E-state index in [9.17, 15) is 18.0 Å². The first-order chi connectivity index (χ1) is 8.85. The average molecular weight is 344 g/mol. The molecule has 1 aromatic heterocycles. The molecule has 1 heterocycles. The molecular weight excluding hydrogens is 331 g/mol. The van der Waals surface area contributed by atoms with Gasteiger partial charge in [-0.25, -0.2) is 4.68 Å². The molecule has 0 fully saturated rings. The molecule has 0 aliphatic carbocycles. The van der Waals surface area contributed by atoms with Gasteiger partial charge in [0.25, 0.3) is 5.56 Å². The normalized spacial score (nSPS) is 11.6. The van der Waals surface area contributed by atoms with Gasteiger partial charge in [0.05, 0.1) is 25.0 Å². The molecule has 1 aromatic rings. The summed E-state index contributed by atoms with van der Waals surface area (Å²) in [6.07, 6.45) is -3.82. The minimum absolute atomic E-state index is 0.0613. The van der Waals surface area contributed by atoms with Gasteiger partial charge in [-0.2, -0.15) is 18.3 Å². The molecule has 9 heteroatoms. The van der Waals surface area contributed by atoms with Crippen LogP contribution >= 0.6 is 15.9 Å². The third-order valence-corrected chi connectivity index (χ3v) is 3.02. The Hall–Kier alpha value is -1.09. The number of aliphatic hydroxyl groups is 1. The zero-order valence-corrected chi connectivity index (χ0v) is 11.5. The SMILES string of the molecule is O=c1c(Br)c(NCCCC(F)(F)F)cnn1CCO. The van der Waals surface area contributed by atoms with Crippen LogP contribution < -0.4 is 10.9 Å². The molecule has 0 unspecified atom stereocenters. The summed E-state index contributed by atoms with van der Waals surface area (Å²) in [5, 5.41) is 15.2. The summed E-state index contributed by atoms with van der Waals surface area (Å²) in [5.41, 5.74) is -0.115. The molecule has 0 atom stereocenters. The molecule has 0 saturated heterocycles. The molecule has 0 saturated carbocycles.